The normalized spacial score (nSPS) is 26.8. The van der Waals surface area contributed by atoms with E-state index < -0.39 is 46.8 Å². The predicted octanol–water partition coefficient (Wildman–Crippen LogP) is 5.96. The zero-order valence-electron chi connectivity index (χ0n) is 28.4. The number of aryl methyl sites for hydroxylation is 1. The maximum atomic E-state index is 15.4. The van der Waals surface area contributed by atoms with Crippen LogP contribution in [0.2, 0.25) is 0 Å². The van der Waals surface area contributed by atoms with Crippen molar-refractivity contribution in [2.45, 2.75) is 37.6 Å². The first-order valence-electron chi connectivity index (χ1n) is 17.0. The minimum absolute atomic E-state index is 0.153. The number of ether oxygens (including phenoxy) is 2. The number of imide groups is 2. The lowest BCUT2D eigenvalue weighted by atomic mass is 9.49. The lowest BCUT2D eigenvalue weighted by Crippen LogP contribution is -2.53. The van der Waals surface area contributed by atoms with E-state index in [-0.39, 0.29) is 42.7 Å². The van der Waals surface area contributed by atoms with Crippen molar-refractivity contribution in [2.24, 2.45) is 23.7 Å². The van der Waals surface area contributed by atoms with Gasteiger partial charge in [-0.05, 0) is 54.8 Å². The van der Waals surface area contributed by atoms with Crippen LogP contribution in [0, 0.1) is 30.6 Å². The highest BCUT2D eigenvalue weighted by Gasteiger charge is 2.71. The van der Waals surface area contributed by atoms with Crippen LogP contribution in [-0.2, 0) is 31.1 Å². The maximum Gasteiger partial charge on any atom is 0.260 e. The Bertz CT molecular complexity index is 2080. The molecule has 3 heterocycles. The first-order valence-corrected chi connectivity index (χ1v) is 17.9. The number of carbonyl (C=O) groups is 4. The van der Waals surface area contributed by atoms with E-state index in [0.717, 1.165) is 21.0 Å². The van der Waals surface area contributed by atoms with Crippen LogP contribution < -0.4 is 14.9 Å². The molecule has 2 aliphatic heterocycles. The topological polar surface area (TPSA) is 125 Å². The summed E-state index contributed by atoms with van der Waals surface area (Å²) >= 11 is 1.48. The molecular weight excluding hydrogens is 667 g/mol. The van der Waals surface area contributed by atoms with Crippen molar-refractivity contribution in [1.82, 2.24) is 9.91 Å². The fourth-order valence-corrected chi connectivity index (χ4v) is 9.70. The van der Waals surface area contributed by atoms with Gasteiger partial charge in [-0.25, -0.2) is 0 Å². The molecule has 2 saturated heterocycles. The van der Waals surface area contributed by atoms with Gasteiger partial charge in [0.2, 0.25) is 11.8 Å². The number of allylic oxidation sites excluding steroid dienone is 2. The first kappa shape index (κ1) is 32.8. The number of hydrazine groups is 1. The molecule has 8 rings (SSSR count). The van der Waals surface area contributed by atoms with Gasteiger partial charge >= 0.3 is 0 Å². The number of hydrogen-bond donors (Lipinski definition) is 2. The van der Waals surface area contributed by atoms with E-state index in [9.17, 15) is 19.5 Å². The summed E-state index contributed by atoms with van der Waals surface area (Å²) in [7, 11) is 2.96. The van der Waals surface area contributed by atoms with E-state index in [2.05, 4.69) is 5.43 Å². The molecule has 0 bridgehead atoms. The molecule has 3 fully saturated rings. The molecule has 4 aromatic rings. The summed E-state index contributed by atoms with van der Waals surface area (Å²) in [4.78, 5) is 60.7. The molecule has 1 aromatic heterocycles. The Morgan fingerprint density at radius 3 is 2.35 bits per heavy atom. The Balaban J connectivity index is 1.34. The molecule has 0 unspecified atom stereocenters. The number of carbonyl (C=O) groups excluding carboxylic acids is 4. The molecule has 260 valence electrons. The summed E-state index contributed by atoms with van der Waals surface area (Å²) in [5.41, 5.74) is 4.77. The number of methoxy groups -OCH3 is 2. The minimum atomic E-state index is -1.55. The molecular formula is C40H37N3O7S. The van der Waals surface area contributed by atoms with Gasteiger partial charge in [0.15, 0.2) is 0 Å². The molecule has 1 saturated carbocycles. The number of thiophene rings is 1. The van der Waals surface area contributed by atoms with Crippen molar-refractivity contribution in [1.29, 1.82) is 0 Å². The Morgan fingerprint density at radius 2 is 1.67 bits per heavy atom. The molecule has 4 aliphatic rings. The fourth-order valence-electron chi connectivity index (χ4n) is 9.00. The third-order valence-corrected chi connectivity index (χ3v) is 12.1. The van der Waals surface area contributed by atoms with Gasteiger partial charge in [0, 0.05) is 28.5 Å². The van der Waals surface area contributed by atoms with Crippen molar-refractivity contribution < 1.29 is 33.8 Å². The zero-order valence-corrected chi connectivity index (χ0v) is 29.2. The number of nitrogens with one attached hydrogen (secondary N) is 1. The van der Waals surface area contributed by atoms with Crippen molar-refractivity contribution >= 4 is 40.7 Å². The fraction of sp³-hybridized carbons (Fsp3) is 0.300. The van der Waals surface area contributed by atoms with Crippen LogP contribution in [0.15, 0.2) is 95.9 Å². The second-order valence-electron chi connectivity index (χ2n) is 13.7. The van der Waals surface area contributed by atoms with Crippen LogP contribution in [0.3, 0.4) is 0 Å². The number of benzene rings is 3. The van der Waals surface area contributed by atoms with E-state index in [4.69, 9.17) is 9.47 Å². The zero-order chi connectivity index (χ0) is 35.6. The van der Waals surface area contributed by atoms with Crippen LogP contribution in [-0.4, -0.2) is 52.9 Å². The summed E-state index contributed by atoms with van der Waals surface area (Å²) in [6.45, 7) is 2.14. The van der Waals surface area contributed by atoms with Gasteiger partial charge in [-0.15, -0.1) is 11.3 Å². The molecule has 2 N–H and O–H groups in total. The number of amides is 4. The van der Waals surface area contributed by atoms with Gasteiger partial charge in [0.05, 0.1) is 49.6 Å². The number of anilines is 1. The highest BCUT2D eigenvalue weighted by atomic mass is 32.1. The summed E-state index contributed by atoms with van der Waals surface area (Å²) in [6.07, 6.45) is 2.40. The van der Waals surface area contributed by atoms with Crippen LogP contribution in [0.4, 0.5) is 5.69 Å². The average Bonchev–Trinajstić information content (AvgIpc) is 3.81. The quantitative estimate of drug-likeness (QED) is 0.170. The van der Waals surface area contributed by atoms with Crippen LogP contribution in [0.1, 0.15) is 40.3 Å². The molecule has 2 aliphatic carbocycles. The van der Waals surface area contributed by atoms with E-state index in [1.807, 2.05) is 73.0 Å². The summed E-state index contributed by atoms with van der Waals surface area (Å²) in [5, 5.41) is 14.9. The number of hydrogen-bond acceptors (Lipinski definition) is 9. The van der Waals surface area contributed by atoms with E-state index in [1.54, 1.807) is 18.2 Å². The Hall–Kier alpha value is -5.42. The molecule has 51 heavy (non-hydrogen) atoms. The van der Waals surface area contributed by atoms with E-state index in [0.29, 0.717) is 22.6 Å². The van der Waals surface area contributed by atoms with Gasteiger partial charge in [0.1, 0.15) is 17.2 Å². The third kappa shape index (κ3) is 4.89. The number of aromatic hydroxyl groups is 1. The molecule has 3 aromatic carbocycles. The molecule has 0 radical (unpaired) electrons. The Morgan fingerprint density at radius 1 is 0.902 bits per heavy atom. The number of phenols is 1. The second-order valence-corrected chi connectivity index (χ2v) is 14.7. The lowest BCUT2D eigenvalue weighted by molar-refractivity contribution is -0.141. The van der Waals surface area contributed by atoms with Gasteiger partial charge in [-0.1, -0.05) is 65.7 Å². The minimum Gasteiger partial charge on any atom is -0.507 e. The van der Waals surface area contributed by atoms with E-state index >= 15 is 4.79 Å². The Kier molecular flexibility index (Phi) is 7.98. The van der Waals surface area contributed by atoms with Crippen LogP contribution in [0.25, 0.3) is 0 Å². The molecule has 10 nitrogen and oxygen atoms in total. The van der Waals surface area contributed by atoms with Gasteiger partial charge in [-0.2, -0.15) is 5.01 Å². The monoisotopic (exact) mass is 703 g/mol. The van der Waals surface area contributed by atoms with Gasteiger partial charge in [0.25, 0.3) is 11.8 Å². The van der Waals surface area contributed by atoms with Crippen LogP contribution >= 0.6 is 11.3 Å². The van der Waals surface area contributed by atoms with Crippen molar-refractivity contribution in [2.75, 3.05) is 19.6 Å². The number of nitrogens with zero attached hydrogens (tertiary/aromatic N) is 2. The van der Waals surface area contributed by atoms with Crippen molar-refractivity contribution in [3.05, 3.63) is 117 Å². The van der Waals surface area contributed by atoms with Gasteiger partial charge in [-0.3, -0.25) is 29.5 Å². The standard InChI is InChI=1S/C40H37N3O7S/c1-22-11-13-24(14-12-22)41-43-37(46)30-20-29-27(15-16-28-33(29)38(47)42(36(28)45)21-26-10-7-17-51-26)35(34-31(44)18-25(49-2)19-32(34)50-3)40(30,39(43)48)23-8-5-4-6-9-23/h4-15,17-19,28-30,33,35,41,44H,16,20-21H2,1-3H3/t28-,29+,30-,33-,35+,40+/m0/s1. The molecule has 6 atom stereocenters. The van der Waals surface area contributed by atoms with Gasteiger partial charge < -0.3 is 14.6 Å². The molecule has 4 amide bonds. The summed E-state index contributed by atoms with van der Waals surface area (Å²) in [5.74, 6) is -4.81. The largest absolute Gasteiger partial charge is 0.507 e. The van der Waals surface area contributed by atoms with Crippen LogP contribution in [0.5, 0.6) is 17.2 Å². The summed E-state index contributed by atoms with van der Waals surface area (Å²) in [6, 6.07) is 23.5. The first-order chi connectivity index (χ1) is 24.7. The number of likely N-dealkylation sites (tertiary alicyclic amines) is 1. The highest BCUT2D eigenvalue weighted by molar-refractivity contribution is 7.09. The SMILES string of the molecule is COc1cc(O)c([C@H]2C3=CC[C@@H]4C(=O)N(Cc5cccs5)C(=O)[C@@H]4[C@@H]3C[C@H]3C(=O)N(Nc4ccc(C)cc4)C(=O)[C@@]23c2ccccc2)c(OC)c1. The third-order valence-electron chi connectivity index (χ3n) is 11.2. The van der Waals surface area contributed by atoms with Crippen molar-refractivity contribution in [3.63, 3.8) is 0 Å². The number of phenolic OH excluding ortho intramolecular Hbond substituents is 1. The predicted molar refractivity (Wildman–Crippen MR) is 190 cm³/mol. The second kappa shape index (κ2) is 12.4. The maximum absolute atomic E-state index is 15.4. The van der Waals surface area contributed by atoms with Crippen molar-refractivity contribution in [3.8, 4) is 17.2 Å². The average molecular weight is 704 g/mol. The molecule has 11 heteroatoms. The number of rotatable bonds is 8. The summed E-state index contributed by atoms with van der Waals surface area (Å²) < 4.78 is 11.4. The van der Waals surface area contributed by atoms with E-state index in [1.165, 1.54) is 36.5 Å². The smallest absolute Gasteiger partial charge is 0.260 e. The molecule has 0 spiro atoms. The Labute approximate surface area is 299 Å². The lowest BCUT2D eigenvalue weighted by Gasteiger charge is -2.50. The highest BCUT2D eigenvalue weighted by Crippen LogP contribution is 2.66. The number of fused-ring (bicyclic) bond motifs is 4.